The van der Waals surface area contributed by atoms with Crippen LogP contribution in [0.25, 0.3) is 0 Å². The number of rotatable bonds is 5. The Kier molecular flexibility index (Phi) is 7.71. The fourth-order valence-electron chi connectivity index (χ4n) is 3.28. The van der Waals surface area contributed by atoms with E-state index in [2.05, 4.69) is 5.32 Å². The number of hydrogen-bond acceptors (Lipinski definition) is 3. The van der Waals surface area contributed by atoms with Crippen LogP contribution < -0.4 is 11.1 Å². The summed E-state index contributed by atoms with van der Waals surface area (Å²) >= 11 is 0. The van der Waals surface area contributed by atoms with E-state index in [0.29, 0.717) is 18.7 Å². The monoisotopic (exact) mass is 395 g/mol. The molecule has 146 valence electrons. The lowest BCUT2D eigenvalue weighted by atomic mass is 10.0. The van der Waals surface area contributed by atoms with Crippen LogP contribution in [0.4, 0.5) is 8.78 Å². The van der Waals surface area contributed by atoms with Gasteiger partial charge in [0.15, 0.2) is 0 Å². The first kappa shape index (κ1) is 21.3. The van der Waals surface area contributed by atoms with Gasteiger partial charge in [0, 0.05) is 36.8 Å². The second-order valence-electron chi connectivity index (χ2n) is 6.65. The van der Waals surface area contributed by atoms with Crippen molar-refractivity contribution in [1.82, 2.24) is 10.2 Å². The molecule has 0 aromatic heterocycles. The summed E-state index contributed by atoms with van der Waals surface area (Å²) in [6, 6.07) is 11.1. The summed E-state index contributed by atoms with van der Waals surface area (Å²) in [5.74, 6) is -1.20. The highest BCUT2D eigenvalue weighted by Gasteiger charge is 2.23. The maximum absolute atomic E-state index is 13.9. The highest BCUT2D eigenvalue weighted by molar-refractivity contribution is 5.94. The summed E-state index contributed by atoms with van der Waals surface area (Å²) in [6.45, 7) is 1.97. The number of likely N-dealkylation sites (tertiary alicyclic amines) is 1. The van der Waals surface area contributed by atoms with Crippen molar-refractivity contribution in [2.45, 2.75) is 32.0 Å². The number of nitrogens with one attached hydrogen (secondary N) is 1. The van der Waals surface area contributed by atoms with Gasteiger partial charge in [-0.2, -0.15) is 0 Å². The lowest BCUT2D eigenvalue weighted by molar-refractivity contribution is 0.0899. The molecule has 0 saturated carbocycles. The highest BCUT2D eigenvalue weighted by atomic mass is 35.5. The SMILES string of the molecule is Cl.NCc1ccc(C(=O)NC2CCCN(Cc3c(F)cccc3F)C2)cc1. The van der Waals surface area contributed by atoms with Crippen LogP contribution >= 0.6 is 12.4 Å². The molecule has 2 aromatic rings. The highest BCUT2D eigenvalue weighted by Crippen LogP contribution is 2.18. The molecule has 7 heteroatoms. The third kappa shape index (κ3) is 5.48. The molecular weight excluding hydrogens is 372 g/mol. The molecule has 3 rings (SSSR count). The maximum atomic E-state index is 13.9. The molecule has 0 aliphatic carbocycles. The van der Waals surface area contributed by atoms with Gasteiger partial charge in [-0.05, 0) is 49.2 Å². The third-order valence-corrected chi connectivity index (χ3v) is 4.74. The molecule has 1 aliphatic rings. The van der Waals surface area contributed by atoms with Gasteiger partial charge in [0.1, 0.15) is 11.6 Å². The number of amides is 1. The molecular formula is C20H24ClF2N3O. The van der Waals surface area contributed by atoms with Crippen LogP contribution in [0, 0.1) is 11.6 Å². The minimum absolute atomic E-state index is 0. The van der Waals surface area contributed by atoms with Crippen LogP contribution in [0.2, 0.25) is 0 Å². The van der Waals surface area contributed by atoms with Crippen LogP contribution in [0.15, 0.2) is 42.5 Å². The third-order valence-electron chi connectivity index (χ3n) is 4.74. The van der Waals surface area contributed by atoms with Crippen molar-refractivity contribution in [2.24, 2.45) is 5.73 Å². The first-order valence-corrected chi connectivity index (χ1v) is 8.82. The van der Waals surface area contributed by atoms with Crippen molar-refractivity contribution in [3.05, 3.63) is 70.8 Å². The lowest BCUT2D eigenvalue weighted by Gasteiger charge is -2.33. The predicted molar refractivity (Wildman–Crippen MR) is 104 cm³/mol. The second-order valence-corrected chi connectivity index (χ2v) is 6.65. The second kappa shape index (κ2) is 9.78. The molecule has 1 amide bonds. The number of hydrogen-bond donors (Lipinski definition) is 2. The topological polar surface area (TPSA) is 58.4 Å². The molecule has 2 aromatic carbocycles. The van der Waals surface area contributed by atoms with E-state index in [1.807, 2.05) is 17.0 Å². The van der Waals surface area contributed by atoms with E-state index in [1.165, 1.54) is 18.2 Å². The van der Waals surface area contributed by atoms with Gasteiger partial charge in [0.2, 0.25) is 0 Å². The summed E-state index contributed by atoms with van der Waals surface area (Å²) in [5.41, 5.74) is 7.20. The number of halogens is 3. The molecule has 0 radical (unpaired) electrons. The van der Waals surface area contributed by atoms with Crippen molar-refractivity contribution in [1.29, 1.82) is 0 Å². The van der Waals surface area contributed by atoms with Crippen molar-refractivity contribution in [3.63, 3.8) is 0 Å². The van der Waals surface area contributed by atoms with Gasteiger partial charge in [0.25, 0.3) is 5.91 Å². The Bertz CT molecular complexity index is 750. The number of piperidine rings is 1. The zero-order valence-electron chi connectivity index (χ0n) is 15.0. The van der Waals surface area contributed by atoms with Gasteiger partial charge in [-0.3, -0.25) is 9.69 Å². The molecule has 1 unspecified atom stereocenters. The Labute approximate surface area is 164 Å². The Hall–Kier alpha value is -2.02. The quantitative estimate of drug-likeness (QED) is 0.817. The summed E-state index contributed by atoms with van der Waals surface area (Å²) < 4.78 is 27.7. The Morgan fingerprint density at radius 2 is 1.81 bits per heavy atom. The summed E-state index contributed by atoms with van der Waals surface area (Å²) in [6.07, 6.45) is 1.72. The van der Waals surface area contributed by atoms with E-state index in [-0.39, 0.29) is 36.5 Å². The van der Waals surface area contributed by atoms with Gasteiger partial charge in [-0.1, -0.05) is 18.2 Å². The normalized spacial score (nSPS) is 17.2. The Balaban J connectivity index is 0.00000261. The van der Waals surface area contributed by atoms with E-state index < -0.39 is 11.6 Å². The number of nitrogens with zero attached hydrogens (tertiary/aromatic N) is 1. The average Bonchev–Trinajstić information content (AvgIpc) is 2.65. The lowest BCUT2D eigenvalue weighted by Crippen LogP contribution is -2.47. The van der Waals surface area contributed by atoms with Crippen LogP contribution in [0.1, 0.15) is 34.3 Å². The minimum Gasteiger partial charge on any atom is -0.348 e. The van der Waals surface area contributed by atoms with Gasteiger partial charge >= 0.3 is 0 Å². The van der Waals surface area contributed by atoms with Crippen LogP contribution in [-0.2, 0) is 13.1 Å². The summed E-state index contributed by atoms with van der Waals surface area (Å²) in [7, 11) is 0. The Morgan fingerprint density at radius 3 is 2.44 bits per heavy atom. The first-order valence-electron chi connectivity index (χ1n) is 8.82. The standard InChI is InChI=1S/C20H23F2N3O.ClH/c21-18-4-1-5-19(22)17(18)13-25-10-2-3-16(12-25)24-20(26)15-8-6-14(11-23)7-9-15;/h1,4-9,16H,2-3,10-13,23H2,(H,24,26);1H. The molecule has 0 bridgehead atoms. The molecule has 1 heterocycles. The van der Waals surface area contributed by atoms with E-state index in [4.69, 9.17) is 5.73 Å². The molecule has 1 aliphatic heterocycles. The molecule has 1 fully saturated rings. The summed E-state index contributed by atoms with van der Waals surface area (Å²) in [5, 5.41) is 3.02. The van der Waals surface area contributed by atoms with E-state index in [1.54, 1.807) is 12.1 Å². The van der Waals surface area contributed by atoms with Crippen molar-refractivity contribution < 1.29 is 13.6 Å². The molecule has 1 atom stereocenters. The van der Waals surface area contributed by atoms with Gasteiger partial charge in [0.05, 0.1) is 0 Å². The predicted octanol–water partition coefficient (Wildman–Crippen LogP) is 3.24. The van der Waals surface area contributed by atoms with Crippen LogP contribution in [-0.4, -0.2) is 29.9 Å². The molecule has 4 nitrogen and oxygen atoms in total. The smallest absolute Gasteiger partial charge is 0.251 e. The number of carbonyl (C=O) groups is 1. The van der Waals surface area contributed by atoms with Gasteiger partial charge < -0.3 is 11.1 Å². The number of nitrogens with two attached hydrogens (primary N) is 1. The van der Waals surface area contributed by atoms with E-state index in [9.17, 15) is 13.6 Å². The molecule has 0 spiro atoms. The van der Waals surface area contributed by atoms with Gasteiger partial charge in [-0.25, -0.2) is 8.78 Å². The van der Waals surface area contributed by atoms with Gasteiger partial charge in [-0.15, -0.1) is 12.4 Å². The zero-order chi connectivity index (χ0) is 18.5. The van der Waals surface area contributed by atoms with Crippen molar-refractivity contribution >= 4 is 18.3 Å². The largest absolute Gasteiger partial charge is 0.348 e. The van der Waals surface area contributed by atoms with Crippen LogP contribution in [0.5, 0.6) is 0 Å². The first-order chi connectivity index (χ1) is 12.6. The van der Waals surface area contributed by atoms with E-state index >= 15 is 0 Å². The number of carbonyl (C=O) groups excluding carboxylic acids is 1. The van der Waals surface area contributed by atoms with Crippen LogP contribution in [0.3, 0.4) is 0 Å². The number of benzene rings is 2. The molecule has 1 saturated heterocycles. The van der Waals surface area contributed by atoms with E-state index in [0.717, 1.165) is 24.9 Å². The summed E-state index contributed by atoms with van der Waals surface area (Å²) in [4.78, 5) is 14.4. The van der Waals surface area contributed by atoms with Crippen molar-refractivity contribution in [2.75, 3.05) is 13.1 Å². The average molecular weight is 396 g/mol. The molecule has 3 N–H and O–H groups in total. The zero-order valence-corrected chi connectivity index (χ0v) is 15.8. The fraction of sp³-hybridized carbons (Fsp3) is 0.350. The minimum atomic E-state index is -0.531. The van der Waals surface area contributed by atoms with Crippen molar-refractivity contribution in [3.8, 4) is 0 Å². The Morgan fingerprint density at radius 1 is 1.15 bits per heavy atom. The maximum Gasteiger partial charge on any atom is 0.251 e. The fourth-order valence-corrected chi connectivity index (χ4v) is 3.28. The molecule has 27 heavy (non-hydrogen) atoms.